The van der Waals surface area contributed by atoms with Gasteiger partial charge in [-0.05, 0) is 97.1 Å². The summed E-state index contributed by atoms with van der Waals surface area (Å²) in [5.41, 5.74) is 0. The predicted molar refractivity (Wildman–Crippen MR) is 204 cm³/mol. The van der Waals surface area contributed by atoms with E-state index < -0.39 is 23.0 Å². The van der Waals surface area contributed by atoms with Crippen molar-refractivity contribution in [3.63, 3.8) is 0 Å². The van der Waals surface area contributed by atoms with Crippen LogP contribution < -0.4 is 36.6 Å². The van der Waals surface area contributed by atoms with Crippen molar-refractivity contribution in [1.82, 2.24) is 0 Å². The molecule has 0 amide bonds. The van der Waals surface area contributed by atoms with Crippen LogP contribution in [0.25, 0.3) is 0 Å². The van der Waals surface area contributed by atoms with Crippen molar-refractivity contribution in [2.45, 2.75) is 0 Å². The molecule has 0 saturated carbocycles. The number of rotatable bonds is 14. The van der Waals surface area contributed by atoms with Crippen molar-refractivity contribution >= 4 is 23.0 Å². The molecule has 1 aliphatic heterocycles. The maximum atomic E-state index is 6.81. The van der Waals surface area contributed by atoms with Gasteiger partial charge in [0, 0.05) is 0 Å². The highest BCUT2D eigenvalue weighted by molar-refractivity contribution is 7.79. The summed E-state index contributed by atoms with van der Waals surface area (Å²) in [6.07, 6.45) is 0. The van der Waals surface area contributed by atoms with Crippen molar-refractivity contribution < 1.29 is 36.6 Å². The van der Waals surface area contributed by atoms with Gasteiger partial charge in [-0.3, -0.25) is 0 Å². The van der Waals surface area contributed by atoms with Gasteiger partial charge in [0.2, 0.25) is 0 Å². The Kier molecular flexibility index (Phi) is 10.6. The topological polar surface area (TPSA) is 111 Å². The molecule has 0 radical (unpaired) electrons. The summed E-state index contributed by atoms with van der Waals surface area (Å²) in [4.78, 5) is 0. The molecule has 52 heavy (non-hydrogen) atoms. The van der Waals surface area contributed by atoms with Crippen LogP contribution in [-0.2, 0) is 0 Å². The summed E-state index contributed by atoms with van der Waals surface area (Å²) in [6, 6.07) is 50.6. The molecule has 0 fully saturated rings. The average molecular weight is 754 g/mol. The van der Waals surface area contributed by atoms with E-state index in [2.05, 4.69) is 0 Å². The van der Waals surface area contributed by atoms with Gasteiger partial charge in [0.15, 0.2) is 0 Å². The largest absolute Gasteiger partial charge is 0.497 e. The molecule has 264 valence electrons. The van der Waals surface area contributed by atoms with Gasteiger partial charge >= 0.3 is 23.0 Å². The summed E-state index contributed by atoms with van der Waals surface area (Å²) in [6.45, 7) is 0. The zero-order valence-corrected chi connectivity index (χ0v) is 30.8. The molecule has 1 aliphatic rings. The third-order valence-electron chi connectivity index (χ3n) is 7.12. The van der Waals surface area contributed by atoms with Crippen molar-refractivity contribution in [3.05, 3.63) is 170 Å². The first-order valence-corrected chi connectivity index (χ1v) is 20.6. The Labute approximate surface area is 302 Å². The average Bonchev–Trinajstić information content (AvgIpc) is 3.16. The van der Waals surface area contributed by atoms with Crippen molar-refractivity contribution in [2.75, 3.05) is 14.2 Å². The highest BCUT2D eigenvalue weighted by atomic mass is 31.3. The molecule has 0 unspecified atom stereocenters. The smallest absolute Gasteiger partial charge is 0.460 e. The van der Waals surface area contributed by atoms with E-state index >= 15 is 0 Å². The third kappa shape index (κ3) is 8.64. The van der Waals surface area contributed by atoms with Crippen LogP contribution in [0.15, 0.2) is 183 Å². The van der Waals surface area contributed by atoms with Crippen molar-refractivity contribution in [3.8, 4) is 46.0 Å². The number of hydrogen-bond acceptors (Lipinski definition) is 11. The Hall–Kier alpha value is -5.59. The summed E-state index contributed by atoms with van der Waals surface area (Å²) < 4.78 is 67.1. The quantitative estimate of drug-likeness (QED) is 0.101. The summed E-state index contributed by atoms with van der Waals surface area (Å²) in [7, 11) is -8.72. The van der Waals surface area contributed by atoms with E-state index in [-0.39, 0.29) is 0 Å². The van der Waals surface area contributed by atoms with Crippen LogP contribution in [0.5, 0.6) is 46.0 Å². The minimum absolute atomic E-state index is 0.382. The van der Waals surface area contributed by atoms with E-state index in [4.69, 9.17) is 50.2 Å². The Morgan fingerprint density at radius 2 is 0.462 bits per heavy atom. The van der Waals surface area contributed by atoms with E-state index in [1.54, 1.807) is 111 Å². The number of hydrogen-bond donors (Lipinski definition) is 0. The zero-order valence-electron chi connectivity index (χ0n) is 28.1. The van der Waals surface area contributed by atoms with Crippen molar-refractivity contribution in [1.29, 1.82) is 0 Å². The van der Waals surface area contributed by atoms with Crippen LogP contribution in [0, 0.1) is 0 Å². The van der Waals surface area contributed by atoms with E-state index in [0.717, 1.165) is 0 Å². The Morgan fingerprint density at radius 1 is 0.269 bits per heavy atom. The van der Waals surface area contributed by atoms with E-state index in [1.807, 2.05) is 72.8 Å². The predicted octanol–water partition coefficient (Wildman–Crippen LogP) is 12.3. The normalized spacial score (nSPS) is 14.9. The molecule has 0 bridgehead atoms. The third-order valence-corrected chi connectivity index (χ3v) is 15.2. The molecule has 1 heterocycles. The summed E-state index contributed by atoms with van der Waals surface area (Å²) in [5, 5.41) is 0. The van der Waals surface area contributed by atoms with Crippen LogP contribution in [-0.4, -0.2) is 14.2 Å². The first-order valence-electron chi connectivity index (χ1n) is 16.0. The SMILES string of the molecule is COc1ccc(OP2(Oc3ccc(OC)cc3)=NP(Oc3ccccc3)(Oc3ccccc3)=NP(Oc3ccccc3)(Oc3ccccc3)=N2)cc1. The first kappa shape index (κ1) is 34.8. The molecule has 11 nitrogen and oxygen atoms in total. The summed E-state index contributed by atoms with van der Waals surface area (Å²) in [5.74, 6) is 3.77. The van der Waals surface area contributed by atoms with E-state index in [1.165, 1.54) is 0 Å². The van der Waals surface area contributed by atoms with Crippen molar-refractivity contribution in [2.24, 2.45) is 13.5 Å². The molecule has 7 rings (SSSR count). The Balaban J connectivity index is 1.54. The number of methoxy groups -OCH3 is 2. The fourth-order valence-corrected chi connectivity index (χ4v) is 13.8. The van der Waals surface area contributed by atoms with Crippen LogP contribution >= 0.6 is 23.0 Å². The van der Waals surface area contributed by atoms with Gasteiger partial charge in [0.05, 0.1) is 14.2 Å². The lowest BCUT2D eigenvalue weighted by Gasteiger charge is -2.33. The molecule has 0 spiro atoms. The lowest BCUT2D eigenvalue weighted by atomic mass is 10.3. The van der Waals surface area contributed by atoms with E-state index in [9.17, 15) is 0 Å². The molecule has 0 aliphatic carbocycles. The van der Waals surface area contributed by atoms with Gasteiger partial charge in [-0.2, -0.15) is 0 Å². The van der Waals surface area contributed by atoms with Gasteiger partial charge in [0.1, 0.15) is 46.0 Å². The number of benzene rings is 6. The maximum absolute atomic E-state index is 6.81. The fraction of sp³-hybridized carbons (Fsp3) is 0.0526. The minimum Gasteiger partial charge on any atom is -0.497 e. The highest BCUT2D eigenvalue weighted by Gasteiger charge is 2.48. The molecule has 6 aromatic carbocycles. The van der Waals surface area contributed by atoms with Gasteiger partial charge in [-0.1, -0.05) is 86.3 Å². The highest BCUT2D eigenvalue weighted by Crippen LogP contribution is 2.78. The lowest BCUT2D eigenvalue weighted by Crippen LogP contribution is -2.11. The van der Waals surface area contributed by atoms with Crippen LogP contribution in [0.4, 0.5) is 0 Å². The van der Waals surface area contributed by atoms with Gasteiger partial charge in [0.25, 0.3) is 0 Å². The first-order chi connectivity index (χ1) is 25.5. The van der Waals surface area contributed by atoms with Crippen LogP contribution in [0.1, 0.15) is 0 Å². The molecule has 0 N–H and O–H groups in total. The number of nitrogens with zero attached hydrogens (tertiary/aromatic N) is 3. The maximum Gasteiger partial charge on any atom is 0.460 e. The van der Waals surface area contributed by atoms with Gasteiger partial charge < -0.3 is 36.6 Å². The molecule has 0 atom stereocenters. The second-order valence-corrected chi connectivity index (χ2v) is 17.1. The summed E-state index contributed by atoms with van der Waals surface area (Å²) >= 11 is 0. The molecule has 14 heteroatoms. The van der Waals surface area contributed by atoms with Crippen LogP contribution in [0.3, 0.4) is 0 Å². The van der Waals surface area contributed by atoms with Gasteiger partial charge in [-0.15, -0.1) is 0 Å². The molecule has 6 aromatic rings. The Morgan fingerprint density at radius 3 is 0.673 bits per heavy atom. The monoisotopic (exact) mass is 753 g/mol. The molecule has 0 saturated heterocycles. The van der Waals surface area contributed by atoms with E-state index in [0.29, 0.717) is 46.0 Å². The number of para-hydroxylation sites is 4. The molecule has 0 aromatic heterocycles. The zero-order chi connectivity index (χ0) is 35.7. The van der Waals surface area contributed by atoms with Gasteiger partial charge in [-0.25, -0.2) is 0 Å². The number of ether oxygens (including phenoxy) is 2. The minimum atomic E-state index is -4.00. The standard InChI is InChI=1S/C38H34N3O8P3/c1-42-31-23-27-37(28-24-31)48-52(49-38-29-25-32(43-2)26-30-38)40-50(44-33-15-7-3-8-16-33,45-34-17-9-4-10-18-34)39-51(41-52,46-35-19-11-5-12-20-35)47-36-21-13-6-14-22-36/h3-30H,1-2H3. The second-order valence-electron chi connectivity index (χ2n) is 10.9. The molecular formula is C38H34N3O8P3. The lowest BCUT2D eigenvalue weighted by molar-refractivity contribution is 0.412. The van der Waals surface area contributed by atoms with Crippen LogP contribution in [0.2, 0.25) is 0 Å². The Bertz CT molecular complexity index is 2010. The fourth-order valence-electron chi connectivity index (χ4n) is 4.78. The second kappa shape index (κ2) is 15.7. The molecular weight excluding hydrogens is 719 g/mol.